The summed E-state index contributed by atoms with van der Waals surface area (Å²) in [7, 11) is 0. The van der Waals surface area contributed by atoms with Gasteiger partial charge in [0.1, 0.15) is 5.82 Å². The predicted octanol–water partition coefficient (Wildman–Crippen LogP) is 4.97. The van der Waals surface area contributed by atoms with Crippen molar-refractivity contribution in [2.45, 2.75) is 58.4 Å². The second-order valence-electron chi connectivity index (χ2n) is 5.07. The Kier molecular flexibility index (Phi) is 8.08. The minimum absolute atomic E-state index is 0.141. The lowest BCUT2D eigenvalue weighted by Crippen LogP contribution is -2.29. The van der Waals surface area contributed by atoms with Gasteiger partial charge in [-0.3, -0.25) is 0 Å². The topological polar surface area (TPSA) is 12.0 Å². The molecule has 0 aliphatic heterocycles. The Morgan fingerprint density at radius 1 is 1.21 bits per heavy atom. The maximum Gasteiger partial charge on any atom is 0.126 e. The molecule has 0 aromatic heterocycles. The second kappa shape index (κ2) is 9.33. The smallest absolute Gasteiger partial charge is 0.126 e. The zero-order valence-corrected chi connectivity index (χ0v) is 12.8. The van der Waals surface area contributed by atoms with Gasteiger partial charge in [-0.05, 0) is 62.4 Å². The molecule has 0 saturated carbocycles. The minimum Gasteiger partial charge on any atom is -0.314 e. The summed E-state index contributed by atoms with van der Waals surface area (Å²) in [5.41, 5.74) is 0.734. The van der Waals surface area contributed by atoms with E-state index in [0.29, 0.717) is 11.1 Å². The van der Waals surface area contributed by atoms with Crippen LogP contribution in [0.25, 0.3) is 0 Å². The molecule has 1 aromatic rings. The van der Waals surface area contributed by atoms with E-state index >= 15 is 0 Å². The second-order valence-corrected chi connectivity index (χ2v) is 5.50. The Hall–Kier alpha value is -0.600. The molecular weight excluding hydrogens is 261 g/mol. The zero-order chi connectivity index (χ0) is 14.1. The first-order valence-electron chi connectivity index (χ1n) is 7.34. The molecule has 108 valence electrons. The first-order valence-corrected chi connectivity index (χ1v) is 7.72. The highest BCUT2D eigenvalue weighted by molar-refractivity contribution is 6.30. The van der Waals surface area contributed by atoms with Gasteiger partial charge in [0.05, 0.1) is 0 Å². The van der Waals surface area contributed by atoms with E-state index < -0.39 is 0 Å². The van der Waals surface area contributed by atoms with Gasteiger partial charge in [-0.1, -0.05) is 31.9 Å². The van der Waals surface area contributed by atoms with Gasteiger partial charge in [0.25, 0.3) is 0 Å². The van der Waals surface area contributed by atoms with Crippen molar-refractivity contribution in [1.29, 1.82) is 0 Å². The number of hydrogen-bond acceptors (Lipinski definition) is 1. The molecule has 0 heterocycles. The maximum atomic E-state index is 13.6. The lowest BCUT2D eigenvalue weighted by atomic mass is 10.0. The molecule has 1 N–H and O–H groups in total. The van der Waals surface area contributed by atoms with Gasteiger partial charge in [0.15, 0.2) is 0 Å². The van der Waals surface area contributed by atoms with E-state index in [0.717, 1.165) is 37.8 Å². The van der Waals surface area contributed by atoms with Gasteiger partial charge >= 0.3 is 0 Å². The van der Waals surface area contributed by atoms with Crippen molar-refractivity contribution in [3.8, 4) is 0 Å². The van der Waals surface area contributed by atoms with Crippen LogP contribution in [0.15, 0.2) is 18.2 Å². The van der Waals surface area contributed by atoms with Crippen LogP contribution in [0.5, 0.6) is 0 Å². The number of nitrogens with one attached hydrogen (secondary N) is 1. The number of aryl methyl sites for hydroxylation is 1. The fourth-order valence-electron chi connectivity index (χ4n) is 2.32. The zero-order valence-electron chi connectivity index (χ0n) is 12.0. The van der Waals surface area contributed by atoms with Gasteiger partial charge in [0.2, 0.25) is 0 Å². The monoisotopic (exact) mass is 285 g/mol. The van der Waals surface area contributed by atoms with Gasteiger partial charge in [-0.2, -0.15) is 0 Å². The molecule has 3 heteroatoms. The number of hydrogen-bond donors (Lipinski definition) is 1. The Morgan fingerprint density at radius 3 is 2.68 bits per heavy atom. The van der Waals surface area contributed by atoms with Crippen LogP contribution in [0, 0.1) is 5.82 Å². The predicted molar refractivity (Wildman–Crippen MR) is 81.3 cm³/mol. The third kappa shape index (κ3) is 6.40. The fourth-order valence-corrected chi connectivity index (χ4v) is 2.51. The summed E-state index contributed by atoms with van der Waals surface area (Å²) in [6, 6.07) is 5.36. The number of halogens is 2. The van der Waals surface area contributed by atoms with Crippen molar-refractivity contribution in [2.75, 3.05) is 6.54 Å². The van der Waals surface area contributed by atoms with Crippen LogP contribution in [0.1, 0.15) is 51.5 Å². The van der Waals surface area contributed by atoms with E-state index in [1.54, 1.807) is 12.1 Å². The summed E-state index contributed by atoms with van der Waals surface area (Å²) in [4.78, 5) is 0. The summed E-state index contributed by atoms with van der Waals surface area (Å²) in [5, 5.41) is 4.18. The Morgan fingerprint density at radius 2 is 2.00 bits per heavy atom. The highest BCUT2D eigenvalue weighted by Gasteiger charge is 2.08. The molecule has 1 rings (SSSR count). The maximum absolute atomic E-state index is 13.6. The van der Waals surface area contributed by atoms with E-state index in [2.05, 4.69) is 19.2 Å². The van der Waals surface area contributed by atoms with Crippen molar-refractivity contribution in [3.05, 3.63) is 34.6 Å². The molecule has 0 aliphatic rings. The molecule has 1 aromatic carbocycles. The number of rotatable bonds is 9. The minimum atomic E-state index is -0.141. The SMILES string of the molecule is CCCNC(CCC)CCCc1cc(Cl)ccc1F. The van der Waals surface area contributed by atoms with E-state index in [1.807, 2.05) is 0 Å². The van der Waals surface area contributed by atoms with Crippen LogP contribution in [-0.4, -0.2) is 12.6 Å². The average Bonchev–Trinajstić information content (AvgIpc) is 2.40. The van der Waals surface area contributed by atoms with Crippen LogP contribution < -0.4 is 5.32 Å². The first-order chi connectivity index (χ1) is 9.17. The first kappa shape index (κ1) is 16.5. The van der Waals surface area contributed by atoms with Crippen LogP contribution in [0.3, 0.4) is 0 Å². The van der Waals surface area contributed by atoms with Gasteiger partial charge in [0, 0.05) is 11.1 Å². The molecule has 0 radical (unpaired) electrons. The quantitative estimate of drug-likeness (QED) is 0.675. The summed E-state index contributed by atoms with van der Waals surface area (Å²) in [5.74, 6) is -0.141. The Labute approximate surface area is 121 Å². The molecule has 0 spiro atoms. The average molecular weight is 286 g/mol. The third-order valence-corrected chi connectivity index (χ3v) is 3.56. The van der Waals surface area contributed by atoms with Crippen molar-refractivity contribution in [3.63, 3.8) is 0 Å². The van der Waals surface area contributed by atoms with Crippen molar-refractivity contribution in [2.24, 2.45) is 0 Å². The van der Waals surface area contributed by atoms with Gasteiger partial charge in [-0.15, -0.1) is 0 Å². The van der Waals surface area contributed by atoms with Gasteiger partial charge < -0.3 is 5.32 Å². The normalized spacial score (nSPS) is 12.6. The molecule has 1 unspecified atom stereocenters. The van der Waals surface area contributed by atoms with E-state index in [1.165, 1.54) is 18.9 Å². The molecular formula is C16H25ClFN. The van der Waals surface area contributed by atoms with Gasteiger partial charge in [-0.25, -0.2) is 4.39 Å². The van der Waals surface area contributed by atoms with Crippen LogP contribution in [-0.2, 0) is 6.42 Å². The van der Waals surface area contributed by atoms with Crippen molar-refractivity contribution >= 4 is 11.6 Å². The van der Waals surface area contributed by atoms with Crippen LogP contribution in [0.4, 0.5) is 4.39 Å². The number of benzene rings is 1. The van der Waals surface area contributed by atoms with Crippen molar-refractivity contribution < 1.29 is 4.39 Å². The van der Waals surface area contributed by atoms with E-state index in [9.17, 15) is 4.39 Å². The summed E-state index contributed by atoms with van der Waals surface area (Å²) in [6.45, 7) is 5.45. The third-order valence-electron chi connectivity index (χ3n) is 3.33. The standard InChI is InChI=1S/C16H25ClFN/c1-3-6-15(19-11-4-2)8-5-7-13-12-14(17)9-10-16(13)18/h9-10,12,15,19H,3-8,11H2,1-2H3. The van der Waals surface area contributed by atoms with Crippen molar-refractivity contribution in [1.82, 2.24) is 5.32 Å². The lowest BCUT2D eigenvalue weighted by molar-refractivity contribution is 0.436. The summed E-state index contributed by atoms with van der Waals surface area (Å²) >= 11 is 5.90. The largest absolute Gasteiger partial charge is 0.314 e. The van der Waals surface area contributed by atoms with Crippen LogP contribution in [0.2, 0.25) is 5.02 Å². The molecule has 1 atom stereocenters. The molecule has 0 bridgehead atoms. The van der Waals surface area contributed by atoms with Crippen LogP contribution >= 0.6 is 11.6 Å². The van der Waals surface area contributed by atoms with E-state index in [4.69, 9.17) is 11.6 Å². The highest BCUT2D eigenvalue weighted by Crippen LogP contribution is 2.17. The Balaban J connectivity index is 2.40. The summed E-state index contributed by atoms with van der Waals surface area (Å²) < 4.78 is 13.6. The molecule has 0 aliphatic carbocycles. The van der Waals surface area contributed by atoms with E-state index in [-0.39, 0.29) is 5.82 Å². The molecule has 0 amide bonds. The Bertz CT molecular complexity index is 368. The molecule has 0 saturated heterocycles. The molecule has 1 nitrogen and oxygen atoms in total. The molecule has 0 fully saturated rings. The lowest BCUT2D eigenvalue weighted by Gasteiger charge is -2.17. The summed E-state index contributed by atoms with van der Waals surface area (Å²) in [6.07, 6.45) is 6.40. The highest BCUT2D eigenvalue weighted by atomic mass is 35.5. The molecule has 19 heavy (non-hydrogen) atoms. The fraction of sp³-hybridized carbons (Fsp3) is 0.625.